The van der Waals surface area contributed by atoms with Gasteiger partial charge in [0.1, 0.15) is 6.04 Å². The first-order valence-corrected chi connectivity index (χ1v) is 12.1. The third-order valence-corrected chi connectivity index (χ3v) is 5.82. The summed E-state index contributed by atoms with van der Waals surface area (Å²) >= 11 is 0. The normalized spacial score (nSPS) is 20.4. The van der Waals surface area contributed by atoms with E-state index in [1.54, 1.807) is 6.20 Å². The molecular formula is C24H36N6O6. The summed E-state index contributed by atoms with van der Waals surface area (Å²) in [7, 11) is 0. The number of amides is 4. The second-order valence-corrected chi connectivity index (χ2v) is 10.2. The number of hydrogen-bond acceptors (Lipinski definition) is 9. The Morgan fingerprint density at radius 1 is 1.22 bits per heavy atom. The number of rotatable bonds is 10. The second kappa shape index (κ2) is 12.3. The van der Waals surface area contributed by atoms with Gasteiger partial charge in [-0.05, 0) is 32.4 Å². The van der Waals surface area contributed by atoms with Gasteiger partial charge in [0.05, 0.1) is 6.10 Å². The van der Waals surface area contributed by atoms with E-state index >= 15 is 0 Å². The molecule has 1 aromatic rings. The van der Waals surface area contributed by atoms with Crippen LogP contribution in [-0.2, 0) is 30.6 Å². The summed E-state index contributed by atoms with van der Waals surface area (Å²) in [5.74, 6) is -1.64. The van der Waals surface area contributed by atoms with Crippen LogP contribution in [0, 0.1) is 0 Å². The van der Waals surface area contributed by atoms with Gasteiger partial charge in [0, 0.05) is 70.0 Å². The molecule has 2 aliphatic rings. The van der Waals surface area contributed by atoms with Gasteiger partial charge >= 0.3 is 0 Å². The summed E-state index contributed by atoms with van der Waals surface area (Å²) in [5, 5.41) is 16.8. The van der Waals surface area contributed by atoms with Crippen molar-refractivity contribution in [3.05, 3.63) is 30.1 Å². The monoisotopic (exact) mass is 504 g/mol. The number of pyridine rings is 1. The summed E-state index contributed by atoms with van der Waals surface area (Å²) in [6, 6.07) is 3.40. The first kappa shape index (κ1) is 27.7. The van der Waals surface area contributed by atoms with Gasteiger partial charge in [-0.15, -0.1) is 0 Å². The second-order valence-electron chi connectivity index (χ2n) is 10.2. The highest BCUT2D eigenvalue weighted by Gasteiger charge is 2.35. The third kappa shape index (κ3) is 8.33. The Hall–Kier alpha value is -2.93. The van der Waals surface area contributed by atoms with Gasteiger partial charge in [-0.25, -0.2) is 0 Å². The highest BCUT2D eigenvalue weighted by Crippen LogP contribution is 2.15. The molecule has 0 unspecified atom stereocenters. The van der Waals surface area contributed by atoms with E-state index in [4.69, 9.17) is 4.84 Å². The SMILES string of the molecule is CC(C)(C)NC(=O)[C@@H]1CN(Cc2cccnc2)CCN1C[C@@H](O)CNC(=O)CON1C(=O)CCC1=O. The minimum atomic E-state index is -0.932. The lowest BCUT2D eigenvalue weighted by molar-refractivity contribution is -0.188. The van der Waals surface area contributed by atoms with Crippen molar-refractivity contribution in [3.8, 4) is 0 Å². The van der Waals surface area contributed by atoms with Crippen molar-refractivity contribution < 1.29 is 29.1 Å². The fourth-order valence-electron chi connectivity index (χ4n) is 4.13. The van der Waals surface area contributed by atoms with Gasteiger partial charge < -0.3 is 15.7 Å². The quantitative estimate of drug-likeness (QED) is 0.343. The number of aliphatic hydroxyl groups excluding tert-OH is 1. The van der Waals surface area contributed by atoms with Gasteiger partial charge in [0.25, 0.3) is 11.8 Å². The summed E-state index contributed by atoms with van der Waals surface area (Å²) in [4.78, 5) is 61.5. The largest absolute Gasteiger partial charge is 0.390 e. The maximum absolute atomic E-state index is 13.1. The zero-order valence-electron chi connectivity index (χ0n) is 21.1. The molecule has 3 N–H and O–H groups in total. The lowest BCUT2D eigenvalue weighted by Crippen LogP contribution is -2.62. The highest BCUT2D eigenvalue weighted by atomic mass is 16.7. The Balaban J connectivity index is 1.52. The van der Waals surface area contributed by atoms with E-state index in [0.717, 1.165) is 5.56 Å². The third-order valence-electron chi connectivity index (χ3n) is 5.82. The van der Waals surface area contributed by atoms with Crippen molar-refractivity contribution in [3.63, 3.8) is 0 Å². The fraction of sp³-hybridized carbons (Fsp3) is 0.625. The number of carbonyl (C=O) groups is 4. The first-order valence-electron chi connectivity index (χ1n) is 12.1. The van der Waals surface area contributed by atoms with Crippen LogP contribution in [0.15, 0.2) is 24.5 Å². The molecule has 0 bridgehead atoms. The van der Waals surface area contributed by atoms with Gasteiger partial charge in [-0.2, -0.15) is 5.06 Å². The Kier molecular flexibility index (Phi) is 9.49. The van der Waals surface area contributed by atoms with Crippen LogP contribution in [0.3, 0.4) is 0 Å². The molecule has 2 atom stereocenters. The van der Waals surface area contributed by atoms with Crippen LogP contribution in [0.25, 0.3) is 0 Å². The average Bonchev–Trinajstić information content (AvgIpc) is 3.14. The molecule has 1 aromatic heterocycles. The molecule has 0 radical (unpaired) electrons. The number of β-amino-alcohol motifs (C(OH)–C–C–N with tert-alkyl or cyclic N) is 1. The number of nitrogens with one attached hydrogen (secondary N) is 2. The molecule has 12 heteroatoms. The molecule has 2 aliphatic heterocycles. The molecule has 3 rings (SSSR count). The van der Waals surface area contributed by atoms with E-state index in [-0.39, 0.29) is 31.8 Å². The first-order chi connectivity index (χ1) is 17.0. The zero-order valence-corrected chi connectivity index (χ0v) is 21.1. The predicted octanol–water partition coefficient (Wildman–Crippen LogP) is -0.960. The van der Waals surface area contributed by atoms with Crippen molar-refractivity contribution >= 4 is 23.6 Å². The number of aromatic nitrogens is 1. The van der Waals surface area contributed by atoms with Crippen LogP contribution in [-0.4, -0.2) is 106 Å². The fourth-order valence-corrected chi connectivity index (χ4v) is 4.13. The van der Waals surface area contributed by atoms with Crippen LogP contribution in [0.5, 0.6) is 0 Å². The van der Waals surface area contributed by atoms with Crippen LogP contribution < -0.4 is 10.6 Å². The summed E-state index contributed by atoms with van der Waals surface area (Å²) in [6.45, 7) is 7.80. The number of nitrogens with zero attached hydrogens (tertiary/aromatic N) is 4. The lowest BCUT2D eigenvalue weighted by Gasteiger charge is -2.42. The van der Waals surface area contributed by atoms with E-state index in [1.165, 1.54) is 0 Å². The number of imide groups is 1. The summed E-state index contributed by atoms with van der Waals surface area (Å²) in [5.41, 5.74) is 0.655. The van der Waals surface area contributed by atoms with E-state index in [2.05, 4.69) is 20.5 Å². The molecule has 12 nitrogen and oxygen atoms in total. The number of aliphatic hydroxyl groups is 1. The molecule has 2 saturated heterocycles. The Morgan fingerprint density at radius 3 is 2.58 bits per heavy atom. The van der Waals surface area contributed by atoms with Crippen molar-refractivity contribution in [1.82, 2.24) is 30.5 Å². The molecule has 0 aromatic carbocycles. The highest BCUT2D eigenvalue weighted by molar-refractivity contribution is 6.00. The molecule has 0 aliphatic carbocycles. The number of hydrogen-bond donors (Lipinski definition) is 3. The Morgan fingerprint density at radius 2 is 1.94 bits per heavy atom. The van der Waals surface area contributed by atoms with E-state index in [0.29, 0.717) is 31.2 Å². The van der Waals surface area contributed by atoms with Crippen molar-refractivity contribution in [2.24, 2.45) is 0 Å². The van der Waals surface area contributed by atoms with Crippen molar-refractivity contribution in [2.75, 3.05) is 39.3 Å². The smallest absolute Gasteiger partial charge is 0.254 e. The van der Waals surface area contributed by atoms with Crippen LogP contribution in [0.2, 0.25) is 0 Å². The van der Waals surface area contributed by atoms with Gasteiger partial charge in [-0.3, -0.25) is 38.8 Å². The number of carbonyl (C=O) groups excluding carboxylic acids is 4. The average molecular weight is 505 g/mol. The lowest BCUT2D eigenvalue weighted by atomic mass is 10.1. The van der Waals surface area contributed by atoms with Gasteiger partial charge in [0.2, 0.25) is 11.8 Å². The topological polar surface area (TPSA) is 144 Å². The van der Waals surface area contributed by atoms with Crippen molar-refractivity contribution in [1.29, 1.82) is 0 Å². The maximum atomic E-state index is 13.1. The molecule has 3 heterocycles. The van der Waals surface area contributed by atoms with Crippen LogP contribution >= 0.6 is 0 Å². The molecule has 0 saturated carbocycles. The number of piperazine rings is 1. The molecule has 2 fully saturated rings. The molecule has 198 valence electrons. The Labute approximate surface area is 210 Å². The van der Waals surface area contributed by atoms with E-state index in [9.17, 15) is 24.3 Å². The van der Waals surface area contributed by atoms with Crippen LogP contribution in [0.4, 0.5) is 0 Å². The maximum Gasteiger partial charge on any atom is 0.254 e. The molecule has 4 amide bonds. The molecule has 36 heavy (non-hydrogen) atoms. The van der Waals surface area contributed by atoms with E-state index in [1.807, 2.05) is 44.0 Å². The van der Waals surface area contributed by atoms with Gasteiger partial charge in [0.15, 0.2) is 6.61 Å². The Bertz CT molecular complexity index is 921. The molecular weight excluding hydrogens is 468 g/mol. The summed E-state index contributed by atoms with van der Waals surface area (Å²) in [6.07, 6.45) is 2.73. The van der Waals surface area contributed by atoms with Crippen molar-refractivity contribution in [2.45, 2.75) is 57.8 Å². The number of hydroxylamine groups is 2. The van der Waals surface area contributed by atoms with Gasteiger partial charge in [-0.1, -0.05) is 6.07 Å². The zero-order chi connectivity index (χ0) is 26.3. The minimum absolute atomic E-state index is 0.0619. The molecule has 0 spiro atoms. The minimum Gasteiger partial charge on any atom is -0.390 e. The summed E-state index contributed by atoms with van der Waals surface area (Å²) < 4.78 is 0. The van der Waals surface area contributed by atoms with E-state index < -0.39 is 42.0 Å². The predicted molar refractivity (Wildman–Crippen MR) is 129 cm³/mol. The van der Waals surface area contributed by atoms with Crippen LogP contribution in [0.1, 0.15) is 39.2 Å². The standard InChI is InChI=1S/C24H36N6O6/c1-24(2,3)27-23(35)19-15-28(13-17-5-4-8-25-11-17)9-10-29(19)14-18(31)12-26-20(32)16-36-30-21(33)6-7-22(30)34/h4-5,8,11,18-19,31H,6-7,9-10,12-16H2,1-3H3,(H,26,32)(H,27,35)/t18-,19-/m0/s1.